The van der Waals surface area contributed by atoms with E-state index < -0.39 is 47.1 Å². The number of cyclic esters (lactones) is 1. The van der Waals surface area contributed by atoms with Gasteiger partial charge in [-0.1, -0.05) is 58.9 Å². The first kappa shape index (κ1) is 28.8. The van der Waals surface area contributed by atoms with E-state index in [4.69, 9.17) is 9.47 Å². The molecular formula is C30H46N2O6. The van der Waals surface area contributed by atoms with Crippen molar-refractivity contribution in [3.05, 3.63) is 24.3 Å². The molecule has 6 atom stereocenters. The van der Waals surface area contributed by atoms with Gasteiger partial charge in [-0.3, -0.25) is 14.4 Å². The number of esters is 1. The molecule has 1 spiro atoms. The highest BCUT2D eigenvalue weighted by molar-refractivity contribution is 5.99. The van der Waals surface area contributed by atoms with Crippen LogP contribution >= 0.6 is 0 Å². The fraction of sp³-hybridized carbons (Fsp3) is 0.767. The third kappa shape index (κ3) is 4.94. The molecule has 0 aliphatic carbocycles. The molecule has 4 heterocycles. The van der Waals surface area contributed by atoms with Gasteiger partial charge in [-0.15, -0.1) is 0 Å². The lowest BCUT2D eigenvalue weighted by Gasteiger charge is -2.45. The second-order valence-electron chi connectivity index (χ2n) is 13.6. The molecule has 38 heavy (non-hydrogen) atoms. The summed E-state index contributed by atoms with van der Waals surface area (Å²) in [4.78, 5) is 45.8. The molecule has 0 bridgehead atoms. The summed E-state index contributed by atoms with van der Waals surface area (Å²) in [5.74, 6) is -2.87. The van der Waals surface area contributed by atoms with Crippen molar-refractivity contribution in [2.75, 3.05) is 19.8 Å². The number of hydrogen-bond acceptors (Lipinski definition) is 6. The first-order chi connectivity index (χ1) is 17.7. The highest BCUT2D eigenvalue weighted by Crippen LogP contribution is 2.54. The summed E-state index contributed by atoms with van der Waals surface area (Å²) in [5, 5.41) is 10.4. The molecule has 0 aromatic rings. The highest BCUT2D eigenvalue weighted by atomic mass is 16.6. The maximum atomic E-state index is 14.6. The fourth-order valence-corrected chi connectivity index (χ4v) is 7.27. The molecular weight excluding hydrogens is 484 g/mol. The predicted molar refractivity (Wildman–Crippen MR) is 144 cm³/mol. The van der Waals surface area contributed by atoms with Crippen molar-refractivity contribution in [1.29, 1.82) is 0 Å². The smallest absolute Gasteiger partial charge is 0.312 e. The lowest BCUT2D eigenvalue weighted by molar-refractivity contribution is -0.158. The van der Waals surface area contributed by atoms with Gasteiger partial charge in [0.1, 0.15) is 17.6 Å². The Morgan fingerprint density at radius 1 is 1.08 bits per heavy atom. The Labute approximate surface area is 227 Å². The van der Waals surface area contributed by atoms with Crippen LogP contribution in [0.15, 0.2) is 24.3 Å². The van der Waals surface area contributed by atoms with E-state index in [0.717, 1.165) is 25.7 Å². The average Bonchev–Trinajstić information content (AvgIpc) is 3.17. The minimum absolute atomic E-state index is 0.0301. The van der Waals surface area contributed by atoms with Gasteiger partial charge in [0, 0.05) is 12.1 Å². The van der Waals surface area contributed by atoms with E-state index in [2.05, 4.69) is 34.6 Å². The van der Waals surface area contributed by atoms with Crippen molar-refractivity contribution in [1.82, 2.24) is 9.80 Å². The van der Waals surface area contributed by atoms with E-state index in [1.165, 1.54) is 0 Å². The van der Waals surface area contributed by atoms with Gasteiger partial charge in [0.25, 0.3) is 0 Å². The van der Waals surface area contributed by atoms with Crippen molar-refractivity contribution in [2.45, 2.75) is 103 Å². The van der Waals surface area contributed by atoms with Gasteiger partial charge in [0.15, 0.2) is 0 Å². The molecule has 4 aliphatic rings. The molecule has 2 amide bonds. The fourth-order valence-electron chi connectivity index (χ4n) is 7.27. The zero-order chi connectivity index (χ0) is 28.0. The van der Waals surface area contributed by atoms with Crippen LogP contribution in [-0.4, -0.2) is 81.8 Å². The van der Waals surface area contributed by atoms with E-state index in [1.54, 1.807) is 4.90 Å². The number of likely N-dealkylation sites (tertiary alicyclic amines) is 1. The number of aliphatic hydroxyl groups excluding tert-OH is 1. The topological polar surface area (TPSA) is 96.4 Å². The third-order valence-electron chi connectivity index (χ3n) is 8.55. The first-order valence-electron chi connectivity index (χ1n) is 14.2. The molecule has 4 aliphatic heterocycles. The minimum Gasteiger partial charge on any atom is -0.465 e. The first-order valence-corrected chi connectivity index (χ1v) is 14.2. The quantitative estimate of drug-likeness (QED) is 0.432. The number of fused-ring (bicyclic) bond motifs is 2. The normalized spacial score (nSPS) is 34.0. The number of allylic oxidation sites excluding steroid dienone is 1. The molecule has 2 saturated heterocycles. The number of carbonyl (C=O) groups excluding carboxylic acids is 3. The van der Waals surface area contributed by atoms with Crippen LogP contribution in [0.5, 0.6) is 0 Å². The second-order valence-corrected chi connectivity index (χ2v) is 13.6. The molecule has 8 nitrogen and oxygen atoms in total. The second kappa shape index (κ2) is 10.4. The molecule has 1 N–H and O–H groups in total. The number of amides is 2. The maximum absolute atomic E-state index is 14.6. The van der Waals surface area contributed by atoms with Crippen molar-refractivity contribution < 1.29 is 29.0 Å². The molecule has 0 radical (unpaired) electrons. The molecule has 212 valence electrons. The Kier molecular flexibility index (Phi) is 7.90. The van der Waals surface area contributed by atoms with Gasteiger partial charge < -0.3 is 24.4 Å². The largest absolute Gasteiger partial charge is 0.465 e. The van der Waals surface area contributed by atoms with E-state index in [0.29, 0.717) is 13.2 Å². The number of ether oxygens (including phenoxy) is 2. The number of hydrogen-bond donors (Lipinski definition) is 1. The minimum atomic E-state index is -1.32. The Bertz CT molecular complexity index is 995. The van der Waals surface area contributed by atoms with Crippen molar-refractivity contribution in [2.24, 2.45) is 23.2 Å². The van der Waals surface area contributed by atoms with Gasteiger partial charge >= 0.3 is 5.97 Å². The van der Waals surface area contributed by atoms with Gasteiger partial charge in [-0.25, -0.2) is 0 Å². The van der Waals surface area contributed by atoms with Gasteiger partial charge in [-0.05, 0) is 50.9 Å². The zero-order valence-corrected chi connectivity index (χ0v) is 24.1. The van der Waals surface area contributed by atoms with Crippen molar-refractivity contribution >= 4 is 17.8 Å². The SMILES string of the molecule is CC(C)[C@H](CO)N1C(=O)[C@@H]2[C@H]3C(=O)OCCCC/C=C\[C@H]3O[C@@]23C=CCN(C(C)(C)CC(C)(C)C)C(=O)C13. The number of rotatable bonds is 5. The summed E-state index contributed by atoms with van der Waals surface area (Å²) < 4.78 is 12.3. The van der Waals surface area contributed by atoms with E-state index in [9.17, 15) is 19.5 Å². The van der Waals surface area contributed by atoms with Crippen LogP contribution in [0.4, 0.5) is 0 Å². The number of nitrogens with zero attached hydrogens (tertiary/aromatic N) is 2. The van der Waals surface area contributed by atoms with Crippen LogP contribution in [0.1, 0.15) is 74.1 Å². The van der Waals surface area contributed by atoms with Crippen molar-refractivity contribution in [3.63, 3.8) is 0 Å². The molecule has 0 aromatic heterocycles. The van der Waals surface area contributed by atoms with Crippen LogP contribution in [0.3, 0.4) is 0 Å². The van der Waals surface area contributed by atoms with Crippen LogP contribution < -0.4 is 0 Å². The Hall–Kier alpha value is -2.19. The van der Waals surface area contributed by atoms with Gasteiger partial charge in [0.2, 0.25) is 11.8 Å². The highest BCUT2D eigenvalue weighted by Gasteiger charge is 2.73. The summed E-state index contributed by atoms with van der Waals surface area (Å²) in [6.45, 7) is 14.8. The predicted octanol–water partition coefficient (Wildman–Crippen LogP) is 3.48. The average molecular weight is 531 g/mol. The lowest BCUT2D eigenvalue weighted by Crippen LogP contribution is -2.62. The van der Waals surface area contributed by atoms with E-state index >= 15 is 0 Å². The summed E-state index contributed by atoms with van der Waals surface area (Å²) in [6.07, 6.45) is 10.2. The molecule has 1 unspecified atom stereocenters. The van der Waals surface area contributed by atoms with E-state index in [-0.39, 0.29) is 29.8 Å². The van der Waals surface area contributed by atoms with Crippen LogP contribution in [0.25, 0.3) is 0 Å². The van der Waals surface area contributed by atoms with Gasteiger partial charge in [-0.2, -0.15) is 0 Å². The maximum Gasteiger partial charge on any atom is 0.312 e. The third-order valence-corrected chi connectivity index (χ3v) is 8.55. The molecule has 2 fully saturated rings. The molecule has 0 saturated carbocycles. The summed E-state index contributed by atoms with van der Waals surface area (Å²) in [5.41, 5.74) is -1.85. The zero-order valence-electron chi connectivity index (χ0n) is 24.1. The Morgan fingerprint density at radius 2 is 1.79 bits per heavy atom. The Morgan fingerprint density at radius 3 is 2.42 bits per heavy atom. The molecule has 8 heteroatoms. The van der Waals surface area contributed by atoms with Crippen molar-refractivity contribution in [3.8, 4) is 0 Å². The standard InChI is InChI=1S/C30H46N2O6/c1-19(2)20(17-33)32-24-26(35)31(29(6,7)18-28(3,4)5)15-12-14-30(24)23(25(32)34)22-21(38-30)13-10-8-9-11-16-37-27(22)36/h10,12-14,19-24,33H,8-9,11,15-18H2,1-7H3/b13-10-/t20-,21+,22-,23-,24?,30-/m0/s1. The Balaban J connectivity index is 1.86. The molecule has 0 aromatic carbocycles. The van der Waals surface area contributed by atoms with Crippen LogP contribution in [0, 0.1) is 23.2 Å². The summed E-state index contributed by atoms with van der Waals surface area (Å²) in [6, 6.07) is -1.58. The van der Waals surface area contributed by atoms with Crippen LogP contribution in [0.2, 0.25) is 0 Å². The van der Waals surface area contributed by atoms with E-state index in [1.807, 2.05) is 43.1 Å². The van der Waals surface area contributed by atoms with Gasteiger partial charge in [0.05, 0.1) is 31.3 Å². The monoisotopic (exact) mass is 530 g/mol. The van der Waals surface area contributed by atoms with Crippen LogP contribution in [-0.2, 0) is 23.9 Å². The summed E-state index contributed by atoms with van der Waals surface area (Å²) in [7, 11) is 0. The lowest BCUT2D eigenvalue weighted by atomic mass is 9.77. The summed E-state index contributed by atoms with van der Waals surface area (Å²) >= 11 is 0. The number of aliphatic hydroxyl groups is 1. The molecule has 4 rings (SSSR count). The number of carbonyl (C=O) groups is 3.